The van der Waals surface area contributed by atoms with E-state index in [1.165, 1.54) is 6.07 Å². The Balaban J connectivity index is 0.00000280. The molecule has 0 aliphatic heterocycles. The number of nitrogens with zero attached hydrogens (tertiary/aromatic N) is 3. The molecule has 3 rings (SSSR count). The van der Waals surface area contributed by atoms with Crippen LogP contribution >= 0.6 is 0 Å². The standard InChI is InChI=1S/C20H16F2N3O2.Pt/c1-11-9-14(19(26)27)24-16(10-11)20(2,3)15-6-4-5-13(23-15)12-7-8-17(21)25-18(12)22;/h4-6,8-10H,1-3H3,(H,26,27);/q-1;. The van der Waals surface area contributed by atoms with Gasteiger partial charge in [-0.05, 0) is 50.2 Å². The summed E-state index contributed by atoms with van der Waals surface area (Å²) in [4.78, 5) is 23.2. The van der Waals surface area contributed by atoms with Crippen LogP contribution in [0.2, 0.25) is 0 Å². The summed E-state index contributed by atoms with van der Waals surface area (Å²) >= 11 is 0. The monoisotopic (exact) mass is 563 g/mol. The number of carboxylic acid groups (broad SMARTS) is 1. The van der Waals surface area contributed by atoms with Crippen molar-refractivity contribution in [2.45, 2.75) is 26.2 Å². The summed E-state index contributed by atoms with van der Waals surface area (Å²) in [6, 6.07) is 11.7. The fourth-order valence-corrected chi connectivity index (χ4v) is 2.70. The Morgan fingerprint density at radius 2 is 1.82 bits per heavy atom. The van der Waals surface area contributed by atoms with Gasteiger partial charge < -0.3 is 10.1 Å². The molecule has 0 fully saturated rings. The number of aromatic nitrogens is 3. The third-order valence-electron chi connectivity index (χ3n) is 4.22. The van der Waals surface area contributed by atoms with E-state index in [4.69, 9.17) is 0 Å². The fourth-order valence-electron chi connectivity index (χ4n) is 2.70. The van der Waals surface area contributed by atoms with Gasteiger partial charge in [0.2, 0.25) is 0 Å². The third kappa shape index (κ3) is 4.30. The van der Waals surface area contributed by atoms with Crippen LogP contribution in [-0.2, 0) is 26.5 Å². The van der Waals surface area contributed by atoms with E-state index >= 15 is 0 Å². The van der Waals surface area contributed by atoms with Gasteiger partial charge in [-0.25, -0.2) is 18.6 Å². The molecule has 0 amide bonds. The largest absolute Gasteiger partial charge is 0.477 e. The number of pyridine rings is 3. The van der Waals surface area contributed by atoms with Crippen LogP contribution < -0.4 is 0 Å². The molecular weight excluding hydrogens is 547 g/mol. The fraction of sp³-hybridized carbons (Fsp3) is 0.200. The van der Waals surface area contributed by atoms with Gasteiger partial charge in [0.15, 0.2) is 0 Å². The Kier molecular flexibility index (Phi) is 6.40. The number of rotatable bonds is 4. The average molecular weight is 563 g/mol. The van der Waals surface area contributed by atoms with Crippen molar-refractivity contribution in [3.8, 4) is 11.3 Å². The van der Waals surface area contributed by atoms with Crippen molar-refractivity contribution in [3.63, 3.8) is 0 Å². The molecule has 0 saturated heterocycles. The van der Waals surface area contributed by atoms with Crippen molar-refractivity contribution in [1.82, 2.24) is 15.0 Å². The third-order valence-corrected chi connectivity index (χ3v) is 4.22. The maximum absolute atomic E-state index is 14.0. The van der Waals surface area contributed by atoms with Crippen molar-refractivity contribution in [3.05, 3.63) is 77.0 Å². The van der Waals surface area contributed by atoms with Gasteiger partial charge in [0.1, 0.15) is 17.6 Å². The first kappa shape index (κ1) is 21.8. The molecule has 3 aromatic heterocycles. The Hall–Kier alpha value is -2.53. The predicted octanol–water partition coefficient (Wildman–Crippen LogP) is 3.95. The molecule has 1 N–H and O–H groups in total. The van der Waals surface area contributed by atoms with Crippen molar-refractivity contribution in [1.29, 1.82) is 0 Å². The molecule has 0 bridgehead atoms. The maximum atomic E-state index is 14.0. The second-order valence-corrected chi connectivity index (χ2v) is 6.64. The van der Waals surface area contributed by atoms with Crippen molar-refractivity contribution >= 4 is 5.97 Å². The minimum absolute atomic E-state index is 0. The number of carbonyl (C=O) groups is 1. The maximum Gasteiger partial charge on any atom is 0.354 e. The Labute approximate surface area is 175 Å². The minimum Gasteiger partial charge on any atom is -0.477 e. The van der Waals surface area contributed by atoms with E-state index in [9.17, 15) is 18.7 Å². The molecule has 3 aromatic rings. The number of carboxylic acids is 1. The van der Waals surface area contributed by atoms with E-state index in [1.54, 1.807) is 31.2 Å². The van der Waals surface area contributed by atoms with Gasteiger partial charge in [-0.15, -0.1) is 6.07 Å². The molecule has 8 heteroatoms. The number of hydrogen-bond acceptors (Lipinski definition) is 4. The van der Waals surface area contributed by atoms with E-state index in [2.05, 4.69) is 21.0 Å². The summed E-state index contributed by atoms with van der Waals surface area (Å²) in [5, 5.41) is 9.25. The van der Waals surface area contributed by atoms with E-state index in [1.807, 2.05) is 13.8 Å². The van der Waals surface area contributed by atoms with Gasteiger partial charge in [-0.1, -0.05) is 23.8 Å². The van der Waals surface area contributed by atoms with Gasteiger partial charge in [0.05, 0.1) is 5.69 Å². The second-order valence-electron chi connectivity index (χ2n) is 6.64. The van der Waals surface area contributed by atoms with Gasteiger partial charge in [-0.2, -0.15) is 0 Å². The van der Waals surface area contributed by atoms with Gasteiger partial charge in [0, 0.05) is 32.2 Å². The van der Waals surface area contributed by atoms with Crippen LogP contribution in [0.4, 0.5) is 8.78 Å². The van der Waals surface area contributed by atoms with Crippen molar-refractivity contribution in [2.75, 3.05) is 0 Å². The number of hydrogen-bond donors (Lipinski definition) is 1. The van der Waals surface area contributed by atoms with Crippen molar-refractivity contribution < 1.29 is 39.7 Å². The molecule has 0 aliphatic carbocycles. The Morgan fingerprint density at radius 1 is 1.11 bits per heavy atom. The summed E-state index contributed by atoms with van der Waals surface area (Å²) in [5.41, 5.74) is 1.21. The van der Waals surface area contributed by atoms with Crippen LogP contribution in [-0.4, -0.2) is 26.0 Å². The summed E-state index contributed by atoms with van der Waals surface area (Å²) < 4.78 is 27.0. The topological polar surface area (TPSA) is 76.0 Å². The molecule has 0 atom stereocenters. The molecule has 0 aliphatic rings. The SMILES string of the molecule is Cc1cc(C(=O)O)nc(C(C)(C)c2cccc(-c3[c-]cc(F)nc3F)n2)c1.[Pt]. The Morgan fingerprint density at radius 3 is 2.46 bits per heavy atom. The summed E-state index contributed by atoms with van der Waals surface area (Å²) in [6.07, 6.45) is 0. The summed E-state index contributed by atoms with van der Waals surface area (Å²) in [5.74, 6) is -3.08. The van der Waals surface area contributed by atoms with Crippen molar-refractivity contribution in [2.24, 2.45) is 0 Å². The van der Waals surface area contributed by atoms with Crippen LogP contribution in [0.3, 0.4) is 0 Å². The zero-order chi connectivity index (χ0) is 19.8. The summed E-state index contributed by atoms with van der Waals surface area (Å²) in [6.45, 7) is 5.47. The molecule has 0 aromatic carbocycles. The van der Waals surface area contributed by atoms with E-state index in [0.29, 0.717) is 11.4 Å². The first-order valence-electron chi connectivity index (χ1n) is 8.12. The van der Waals surface area contributed by atoms with E-state index in [0.717, 1.165) is 11.6 Å². The molecule has 28 heavy (non-hydrogen) atoms. The van der Waals surface area contributed by atoms with Crippen LogP contribution in [0.15, 0.2) is 36.4 Å². The van der Waals surface area contributed by atoms with Crippen LogP contribution in [0, 0.1) is 24.9 Å². The van der Waals surface area contributed by atoms with E-state index < -0.39 is 23.3 Å². The molecule has 0 unspecified atom stereocenters. The predicted molar refractivity (Wildman–Crippen MR) is 94.3 cm³/mol. The average Bonchev–Trinajstić information content (AvgIpc) is 2.61. The molecule has 5 nitrogen and oxygen atoms in total. The summed E-state index contributed by atoms with van der Waals surface area (Å²) in [7, 11) is 0. The molecule has 0 spiro atoms. The first-order chi connectivity index (χ1) is 12.7. The molecule has 148 valence electrons. The molecular formula is C20H16F2N3O2Pt-. The quantitative estimate of drug-likeness (QED) is 0.385. The number of aryl methyl sites for hydroxylation is 1. The minimum atomic E-state index is -1.12. The van der Waals surface area contributed by atoms with Gasteiger partial charge in [0.25, 0.3) is 0 Å². The smallest absolute Gasteiger partial charge is 0.354 e. The van der Waals surface area contributed by atoms with Crippen LogP contribution in [0.5, 0.6) is 0 Å². The molecule has 0 radical (unpaired) electrons. The van der Waals surface area contributed by atoms with Crippen LogP contribution in [0.25, 0.3) is 11.3 Å². The van der Waals surface area contributed by atoms with Gasteiger partial charge >= 0.3 is 5.97 Å². The van der Waals surface area contributed by atoms with Gasteiger partial charge in [-0.3, -0.25) is 4.98 Å². The zero-order valence-corrected chi connectivity index (χ0v) is 17.5. The first-order valence-corrected chi connectivity index (χ1v) is 8.12. The van der Waals surface area contributed by atoms with Crippen LogP contribution in [0.1, 0.15) is 41.3 Å². The number of aromatic carboxylic acids is 1. The molecule has 3 heterocycles. The number of halogens is 2. The Bertz CT molecular complexity index is 1040. The van der Waals surface area contributed by atoms with E-state index in [-0.39, 0.29) is 38.0 Å². The normalized spacial score (nSPS) is 11.0. The zero-order valence-electron chi connectivity index (χ0n) is 15.2. The second kappa shape index (κ2) is 8.23. The molecule has 0 saturated carbocycles.